The van der Waals surface area contributed by atoms with Crippen molar-refractivity contribution in [2.75, 3.05) is 18.4 Å². The van der Waals surface area contributed by atoms with Gasteiger partial charge in [-0.15, -0.1) is 0 Å². The summed E-state index contributed by atoms with van der Waals surface area (Å²) in [6, 6.07) is 12.2. The van der Waals surface area contributed by atoms with E-state index in [1.165, 1.54) is 10.6 Å². The summed E-state index contributed by atoms with van der Waals surface area (Å²) in [6.07, 6.45) is 4.83. The number of para-hydroxylation sites is 1. The van der Waals surface area contributed by atoms with Crippen LogP contribution in [-0.2, 0) is 7.05 Å². The zero-order valence-corrected chi connectivity index (χ0v) is 18.1. The van der Waals surface area contributed by atoms with Gasteiger partial charge in [0.25, 0.3) is 11.8 Å². The normalized spacial score (nSPS) is 15.9. The van der Waals surface area contributed by atoms with E-state index in [0.29, 0.717) is 41.4 Å². The standard InChI is InChI=1S/C24H25N5O3/c1-16-20(23(31)27-19-8-4-3-5-9-19)13-25-22(26-16)17-7-6-12-29(15-17)24(32)18-10-11-21(30)28(2)14-18/h3-5,8-11,13-14,17H,6-7,12,15H2,1-2H3,(H,27,31)/t17-/m1/s1. The monoisotopic (exact) mass is 431 g/mol. The number of hydrogen-bond donors (Lipinski definition) is 1. The van der Waals surface area contributed by atoms with Gasteiger partial charge in [0, 0.05) is 50.2 Å². The maximum Gasteiger partial charge on any atom is 0.259 e. The fraction of sp³-hybridized carbons (Fsp3) is 0.292. The molecule has 0 unspecified atom stereocenters. The average Bonchev–Trinajstić information content (AvgIpc) is 2.81. The predicted molar refractivity (Wildman–Crippen MR) is 121 cm³/mol. The van der Waals surface area contributed by atoms with Gasteiger partial charge < -0.3 is 14.8 Å². The number of benzene rings is 1. The van der Waals surface area contributed by atoms with Gasteiger partial charge in [-0.3, -0.25) is 14.4 Å². The van der Waals surface area contributed by atoms with Crippen molar-refractivity contribution in [2.24, 2.45) is 7.05 Å². The number of anilines is 1. The van der Waals surface area contributed by atoms with E-state index in [9.17, 15) is 14.4 Å². The second kappa shape index (κ2) is 9.13. The molecule has 4 rings (SSSR count). The topological polar surface area (TPSA) is 97.2 Å². The second-order valence-electron chi connectivity index (χ2n) is 8.00. The van der Waals surface area contributed by atoms with E-state index in [4.69, 9.17) is 0 Å². The summed E-state index contributed by atoms with van der Waals surface area (Å²) in [7, 11) is 1.63. The third-order valence-corrected chi connectivity index (χ3v) is 5.68. The molecule has 1 aromatic carbocycles. The maximum absolute atomic E-state index is 12.9. The van der Waals surface area contributed by atoms with Gasteiger partial charge in [0.1, 0.15) is 5.82 Å². The minimum atomic E-state index is -0.254. The zero-order valence-electron chi connectivity index (χ0n) is 18.1. The molecule has 0 aliphatic carbocycles. The molecule has 8 nitrogen and oxygen atoms in total. The van der Waals surface area contributed by atoms with Crippen LogP contribution in [0.25, 0.3) is 0 Å². The molecule has 1 aliphatic rings. The molecule has 1 N–H and O–H groups in total. The number of aromatic nitrogens is 3. The first-order chi connectivity index (χ1) is 15.4. The minimum Gasteiger partial charge on any atom is -0.338 e. The van der Waals surface area contributed by atoms with Crippen molar-refractivity contribution in [1.82, 2.24) is 19.4 Å². The maximum atomic E-state index is 12.9. The highest BCUT2D eigenvalue weighted by atomic mass is 16.2. The highest BCUT2D eigenvalue weighted by Crippen LogP contribution is 2.26. The van der Waals surface area contributed by atoms with E-state index >= 15 is 0 Å². The van der Waals surface area contributed by atoms with Gasteiger partial charge in [-0.05, 0) is 38.0 Å². The van der Waals surface area contributed by atoms with Crippen LogP contribution in [0, 0.1) is 6.92 Å². The SMILES string of the molecule is Cc1nc([C@@H]2CCCN(C(=O)c3ccc(=O)n(C)c3)C2)ncc1C(=O)Nc1ccccc1. The smallest absolute Gasteiger partial charge is 0.259 e. The molecule has 1 aliphatic heterocycles. The molecular weight excluding hydrogens is 406 g/mol. The van der Waals surface area contributed by atoms with E-state index in [1.807, 2.05) is 30.3 Å². The van der Waals surface area contributed by atoms with Gasteiger partial charge in [-0.1, -0.05) is 18.2 Å². The van der Waals surface area contributed by atoms with Crippen molar-refractivity contribution in [3.8, 4) is 0 Å². The van der Waals surface area contributed by atoms with Gasteiger partial charge in [0.2, 0.25) is 5.56 Å². The number of rotatable bonds is 4. The largest absolute Gasteiger partial charge is 0.338 e. The van der Waals surface area contributed by atoms with Crippen LogP contribution >= 0.6 is 0 Å². The Bertz CT molecular complexity index is 1210. The lowest BCUT2D eigenvalue weighted by Gasteiger charge is -2.32. The Balaban J connectivity index is 1.48. The molecular formula is C24H25N5O3. The lowest BCUT2D eigenvalue weighted by molar-refractivity contribution is 0.0703. The number of likely N-dealkylation sites (tertiary alicyclic amines) is 1. The number of piperidine rings is 1. The first kappa shape index (κ1) is 21.4. The quantitative estimate of drug-likeness (QED) is 0.685. The summed E-state index contributed by atoms with van der Waals surface area (Å²) in [5.41, 5.74) is 2.06. The van der Waals surface area contributed by atoms with Crippen molar-refractivity contribution in [2.45, 2.75) is 25.7 Å². The summed E-state index contributed by atoms with van der Waals surface area (Å²) < 4.78 is 1.40. The summed E-state index contributed by atoms with van der Waals surface area (Å²) in [4.78, 5) is 48.0. The number of pyridine rings is 1. The van der Waals surface area contributed by atoms with Crippen LogP contribution in [0.5, 0.6) is 0 Å². The van der Waals surface area contributed by atoms with Crippen LogP contribution in [0.3, 0.4) is 0 Å². The zero-order chi connectivity index (χ0) is 22.7. The highest BCUT2D eigenvalue weighted by molar-refractivity contribution is 6.04. The van der Waals surface area contributed by atoms with Crippen LogP contribution in [0.1, 0.15) is 51.0 Å². The van der Waals surface area contributed by atoms with Crippen LogP contribution in [0.15, 0.2) is 59.7 Å². The Kier molecular flexibility index (Phi) is 6.11. The molecule has 32 heavy (non-hydrogen) atoms. The number of amides is 2. The third-order valence-electron chi connectivity index (χ3n) is 5.68. The Morgan fingerprint density at radius 2 is 1.91 bits per heavy atom. The van der Waals surface area contributed by atoms with Crippen LogP contribution in [0.4, 0.5) is 5.69 Å². The molecule has 3 heterocycles. The lowest BCUT2D eigenvalue weighted by atomic mass is 9.96. The molecule has 0 spiro atoms. The molecule has 0 bridgehead atoms. The highest BCUT2D eigenvalue weighted by Gasteiger charge is 2.28. The van der Waals surface area contributed by atoms with Crippen LogP contribution in [-0.4, -0.2) is 44.3 Å². The fourth-order valence-corrected chi connectivity index (χ4v) is 3.90. The summed E-state index contributed by atoms with van der Waals surface area (Å²) in [5.74, 6) is 0.262. The molecule has 1 fully saturated rings. The Labute approximate surface area is 185 Å². The van der Waals surface area contributed by atoms with E-state index in [1.54, 1.807) is 37.3 Å². The Hall–Kier alpha value is -3.81. The molecule has 1 saturated heterocycles. The summed E-state index contributed by atoms with van der Waals surface area (Å²) in [6.45, 7) is 2.94. The molecule has 0 radical (unpaired) electrons. The molecule has 8 heteroatoms. The van der Waals surface area contributed by atoms with Crippen LogP contribution in [0.2, 0.25) is 0 Å². The van der Waals surface area contributed by atoms with E-state index < -0.39 is 0 Å². The van der Waals surface area contributed by atoms with Crippen molar-refractivity contribution < 1.29 is 9.59 Å². The van der Waals surface area contributed by atoms with Crippen molar-refractivity contribution in [3.05, 3.63) is 87.9 Å². The Morgan fingerprint density at radius 1 is 1.12 bits per heavy atom. The van der Waals surface area contributed by atoms with Gasteiger partial charge in [-0.25, -0.2) is 9.97 Å². The van der Waals surface area contributed by atoms with Crippen molar-refractivity contribution >= 4 is 17.5 Å². The van der Waals surface area contributed by atoms with Crippen molar-refractivity contribution in [3.63, 3.8) is 0 Å². The number of nitrogens with zero attached hydrogens (tertiary/aromatic N) is 4. The van der Waals surface area contributed by atoms with E-state index in [-0.39, 0.29) is 23.3 Å². The molecule has 3 aromatic rings. The molecule has 0 saturated carbocycles. The number of carbonyl (C=O) groups excluding carboxylic acids is 2. The number of nitrogens with one attached hydrogen (secondary N) is 1. The number of hydrogen-bond acceptors (Lipinski definition) is 5. The molecule has 164 valence electrons. The summed E-state index contributed by atoms with van der Waals surface area (Å²) in [5, 5.41) is 2.85. The van der Waals surface area contributed by atoms with Gasteiger partial charge in [0.15, 0.2) is 0 Å². The fourth-order valence-electron chi connectivity index (χ4n) is 3.90. The number of aryl methyl sites for hydroxylation is 2. The lowest BCUT2D eigenvalue weighted by Crippen LogP contribution is -2.40. The molecule has 1 atom stereocenters. The van der Waals surface area contributed by atoms with E-state index in [0.717, 1.165) is 12.8 Å². The molecule has 2 aromatic heterocycles. The minimum absolute atomic E-state index is 0.00911. The first-order valence-corrected chi connectivity index (χ1v) is 10.6. The molecule has 2 amide bonds. The van der Waals surface area contributed by atoms with Gasteiger partial charge in [0.05, 0.1) is 16.8 Å². The predicted octanol–water partition coefficient (Wildman–Crippen LogP) is 2.76. The average molecular weight is 431 g/mol. The van der Waals surface area contributed by atoms with Gasteiger partial charge in [-0.2, -0.15) is 0 Å². The number of carbonyl (C=O) groups is 2. The first-order valence-electron chi connectivity index (χ1n) is 10.6. The third kappa shape index (κ3) is 4.59. The van der Waals surface area contributed by atoms with Gasteiger partial charge >= 0.3 is 0 Å². The van der Waals surface area contributed by atoms with Crippen LogP contribution < -0.4 is 10.9 Å². The second-order valence-corrected chi connectivity index (χ2v) is 8.00. The van der Waals surface area contributed by atoms with Crippen molar-refractivity contribution in [1.29, 1.82) is 0 Å². The Morgan fingerprint density at radius 3 is 2.62 bits per heavy atom. The van der Waals surface area contributed by atoms with E-state index in [2.05, 4.69) is 15.3 Å². The summed E-state index contributed by atoms with van der Waals surface area (Å²) >= 11 is 0.